The van der Waals surface area contributed by atoms with Crippen molar-refractivity contribution in [3.05, 3.63) is 35.9 Å². The largest absolute Gasteiger partial charge is 0.313 e. The van der Waals surface area contributed by atoms with E-state index >= 15 is 0 Å². The van der Waals surface area contributed by atoms with Crippen LogP contribution in [-0.2, 0) is 5.41 Å². The molecule has 0 aliphatic carbocycles. The Labute approximate surface area is 124 Å². The maximum atomic E-state index is 3.69. The van der Waals surface area contributed by atoms with E-state index in [1.807, 2.05) is 0 Å². The number of nitrogens with zero attached hydrogens (tertiary/aromatic N) is 1. The molecule has 1 unspecified atom stereocenters. The van der Waals surface area contributed by atoms with Crippen LogP contribution in [0.25, 0.3) is 0 Å². The first-order valence-electron chi connectivity index (χ1n) is 8.09. The molecule has 0 saturated carbocycles. The standard InChI is InChI=1S/C18H30N2/c1-16(15-20-13-7-8-14-20)19-12-11-18(2,3)17-9-5-4-6-10-17/h4-6,9-10,16,19H,7-8,11-15H2,1-3H3. The molecular weight excluding hydrogens is 244 g/mol. The fourth-order valence-corrected chi connectivity index (χ4v) is 3.08. The van der Waals surface area contributed by atoms with E-state index in [-0.39, 0.29) is 5.41 Å². The normalized spacial score (nSPS) is 18.4. The fraction of sp³-hybridized carbons (Fsp3) is 0.667. The molecule has 112 valence electrons. The minimum atomic E-state index is 0.252. The summed E-state index contributed by atoms with van der Waals surface area (Å²) < 4.78 is 0. The SMILES string of the molecule is CC(CN1CCCC1)NCCC(C)(C)c1ccccc1. The molecule has 1 aliphatic rings. The number of hydrogen-bond acceptors (Lipinski definition) is 2. The third-order valence-corrected chi connectivity index (χ3v) is 4.53. The van der Waals surface area contributed by atoms with Crippen molar-refractivity contribution in [3.63, 3.8) is 0 Å². The molecule has 1 heterocycles. The summed E-state index contributed by atoms with van der Waals surface area (Å²) in [5, 5.41) is 3.69. The molecule has 0 bridgehead atoms. The second kappa shape index (κ2) is 7.24. The second-order valence-corrected chi connectivity index (χ2v) is 6.86. The van der Waals surface area contributed by atoms with E-state index in [4.69, 9.17) is 0 Å². The van der Waals surface area contributed by atoms with Crippen molar-refractivity contribution in [3.8, 4) is 0 Å². The lowest BCUT2D eigenvalue weighted by atomic mass is 9.81. The maximum absolute atomic E-state index is 3.69. The van der Waals surface area contributed by atoms with Gasteiger partial charge >= 0.3 is 0 Å². The number of likely N-dealkylation sites (tertiary alicyclic amines) is 1. The summed E-state index contributed by atoms with van der Waals surface area (Å²) in [7, 11) is 0. The molecule has 0 radical (unpaired) electrons. The van der Waals surface area contributed by atoms with Gasteiger partial charge in [-0.3, -0.25) is 0 Å². The van der Waals surface area contributed by atoms with Crippen LogP contribution in [0.4, 0.5) is 0 Å². The molecule has 20 heavy (non-hydrogen) atoms. The van der Waals surface area contributed by atoms with Gasteiger partial charge in [-0.2, -0.15) is 0 Å². The van der Waals surface area contributed by atoms with E-state index in [2.05, 4.69) is 61.3 Å². The first-order chi connectivity index (χ1) is 9.58. The molecule has 2 heteroatoms. The summed E-state index contributed by atoms with van der Waals surface area (Å²) >= 11 is 0. The predicted molar refractivity (Wildman–Crippen MR) is 87.2 cm³/mol. The summed E-state index contributed by atoms with van der Waals surface area (Å²) in [6.07, 6.45) is 3.95. The molecule has 1 atom stereocenters. The molecule has 0 amide bonds. The first-order valence-corrected chi connectivity index (χ1v) is 8.09. The van der Waals surface area contributed by atoms with Crippen molar-refractivity contribution in [2.24, 2.45) is 0 Å². The van der Waals surface area contributed by atoms with Crippen molar-refractivity contribution < 1.29 is 0 Å². The third-order valence-electron chi connectivity index (χ3n) is 4.53. The van der Waals surface area contributed by atoms with Crippen LogP contribution >= 0.6 is 0 Å². The maximum Gasteiger partial charge on any atom is 0.0166 e. The Kier molecular flexibility index (Phi) is 5.62. The van der Waals surface area contributed by atoms with Crippen LogP contribution < -0.4 is 5.32 Å². The number of nitrogens with one attached hydrogen (secondary N) is 1. The van der Waals surface area contributed by atoms with Crippen LogP contribution in [0.3, 0.4) is 0 Å². The highest BCUT2D eigenvalue weighted by Crippen LogP contribution is 2.26. The van der Waals surface area contributed by atoms with E-state index in [0.29, 0.717) is 6.04 Å². The van der Waals surface area contributed by atoms with E-state index in [9.17, 15) is 0 Å². The van der Waals surface area contributed by atoms with Crippen molar-refractivity contribution in [1.82, 2.24) is 10.2 Å². The lowest BCUT2D eigenvalue weighted by Crippen LogP contribution is -2.39. The van der Waals surface area contributed by atoms with Gasteiger partial charge in [0.25, 0.3) is 0 Å². The summed E-state index contributed by atoms with van der Waals surface area (Å²) in [5.41, 5.74) is 1.69. The van der Waals surface area contributed by atoms with Crippen molar-refractivity contribution in [2.45, 2.75) is 51.5 Å². The summed E-state index contributed by atoms with van der Waals surface area (Å²) in [6, 6.07) is 11.5. The topological polar surface area (TPSA) is 15.3 Å². The minimum Gasteiger partial charge on any atom is -0.313 e. The summed E-state index contributed by atoms with van der Waals surface area (Å²) in [5.74, 6) is 0. The Morgan fingerprint density at radius 2 is 1.80 bits per heavy atom. The summed E-state index contributed by atoms with van der Waals surface area (Å²) in [6.45, 7) is 11.9. The van der Waals surface area contributed by atoms with Crippen LogP contribution in [0.15, 0.2) is 30.3 Å². The van der Waals surface area contributed by atoms with Crippen LogP contribution in [0.1, 0.15) is 45.6 Å². The van der Waals surface area contributed by atoms with Crippen LogP contribution in [0, 0.1) is 0 Å². The minimum absolute atomic E-state index is 0.252. The molecule has 1 aromatic rings. The molecule has 0 spiro atoms. The average Bonchev–Trinajstić information content (AvgIpc) is 2.92. The lowest BCUT2D eigenvalue weighted by molar-refractivity contribution is 0.294. The number of benzene rings is 1. The van der Waals surface area contributed by atoms with Crippen molar-refractivity contribution in [2.75, 3.05) is 26.2 Å². The van der Waals surface area contributed by atoms with Gasteiger partial charge in [0, 0.05) is 12.6 Å². The van der Waals surface area contributed by atoms with Gasteiger partial charge in [0.15, 0.2) is 0 Å². The Balaban J connectivity index is 1.71. The quantitative estimate of drug-likeness (QED) is 0.819. The molecular formula is C18H30N2. The molecule has 1 aliphatic heterocycles. The highest BCUT2D eigenvalue weighted by Gasteiger charge is 2.20. The molecule has 1 saturated heterocycles. The molecule has 0 aromatic heterocycles. The molecule has 1 N–H and O–H groups in total. The number of rotatable bonds is 7. The predicted octanol–water partition coefficient (Wildman–Crippen LogP) is 3.43. The third kappa shape index (κ3) is 4.60. The zero-order valence-electron chi connectivity index (χ0n) is 13.4. The summed E-state index contributed by atoms with van der Waals surface area (Å²) in [4.78, 5) is 2.58. The Morgan fingerprint density at radius 1 is 1.15 bits per heavy atom. The van der Waals surface area contributed by atoms with Gasteiger partial charge in [0.1, 0.15) is 0 Å². The smallest absolute Gasteiger partial charge is 0.0166 e. The Hall–Kier alpha value is -0.860. The van der Waals surface area contributed by atoms with Crippen LogP contribution in [0.2, 0.25) is 0 Å². The van der Waals surface area contributed by atoms with Crippen molar-refractivity contribution >= 4 is 0 Å². The van der Waals surface area contributed by atoms with Gasteiger partial charge in [-0.15, -0.1) is 0 Å². The van der Waals surface area contributed by atoms with Gasteiger partial charge in [-0.25, -0.2) is 0 Å². The van der Waals surface area contributed by atoms with Gasteiger partial charge in [0.2, 0.25) is 0 Å². The van der Waals surface area contributed by atoms with E-state index in [1.54, 1.807) is 0 Å². The molecule has 1 aromatic carbocycles. The fourth-order valence-electron chi connectivity index (χ4n) is 3.08. The monoisotopic (exact) mass is 274 g/mol. The number of hydrogen-bond donors (Lipinski definition) is 1. The Morgan fingerprint density at radius 3 is 2.45 bits per heavy atom. The molecule has 1 fully saturated rings. The highest BCUT2D eigenvalue weighted by atomic mass is 15.2. The van der Waals surface area contributed by atoms with Gasteiger partial charge in [-0.1, -0.05) is 44.2 Å². The lowest BCUT2D eigenvalue weighted by Gasteiger charge is -2.27. The molecule has 2 nitrogen and oxygen atoms in total. The van der Waals surface area contributed by atoms with Gasteiger partial charge in [-0.05, 0) is 56.8 Å². The van der Waals surface area contributed by atoms with Crippen LogP contribution in [-0.4, -0.2) is 37.1 Å². The van der Waals surface area contributed by atoms with Gasteiger partial charge < -0.3 is 10.2 Å². The van der Waals surface area contributed by atoms with Crippen LogP contribution in [0.5, 0.6) is 0 Å². The average molecular weight is 274 g/mol. The van der Waals surface area contributed by atoms with E-state index < -0.39 is 0 Å². The van der Waals surface area contributed by atoms with Gasteiger partial charge in [0.05, 0.1) is 0 Å². The molecule has 2 rings (SSSR count). The van der Waals surface area contributed by atoms with E-state index in [0.717, 1.165) is 6.54 Å². The second-order valence-electron chi connectivity index (χ2n) is 6.86. The highest BCUT2D eigenvalue weighted by molar-refractivity contribution is 5.23. The Bertz CT molecular complexity index is 380. The van der Waals surface area contributed by atoms with Crippen molar-refractivity contribution in [1.29, 1.82) is 0 Å². The van der Waals surface area contributed by atoms with E-state index in [1.165, 1.54) is 44.5 Å². The zero-order valence-corrected chi connectivity index (χ0v) is 13.4. The first kappa shape index (κ1) is 15.5. The zero-order chi connectivity index (χ0) is 14.4.